The predicted molar refractivity (Wildman–Crippen MR) is 137 cm³/mol. The van der Waals surface area contributed by atoms with Crippen LogP contribution in [0.4, 0.5) is 26.3 Å². The third-order valence-corrected chi connectivity index (χ3v) is 7.90. The molecule has 220 valence electrons. The van der Waals surface area contributed by atoms with Gasteiger partial charge in [0.05, 0.1) is 42.2 Å². The number of esters is 1. The second-order valence-corrected chi connectivity index (χ2v) is 10.4. The van der Waals surface area contributed by atoms with Crippen LogP contribution in [0, 0.1) is 11.8 Å². The molecule has 1 N–H and O–H groups in total. The van der Waals surface area contributed by atoms with E-state index in [-0.39, 0.29) is 17.7 Å². The Bertz CT molecular complexity index is 1500. The maximum absolute atomic E-state index is 14.1. The van der Waals surface area contributed by atoms with Crippen molar-refractivity contribution in [3.8, 4) is 0 Å². The molecular weight excluding hydrogens is 590 g/mol. The molecular formula is C29H21ClF6N2O4. The lowest BCUT2D eigenvalue weighted by atomic mass is 9.71. The molecule has 0 aliphatic carbocycles. The monoisotopic (exact) mass is 610 g/mol. The first-order chi connectivity index (χ1) is 19.7. The Kier molecular flexibility index (Phi) is 7.34. The number of benzene rings is 3. The smallest absolute Gasteiger partial charge is 0.416 e. The molecule has 2 fully saturated rings. The SMILES string of the molecule is COC(=O)[C@@H]1NC(c2cccc(C(F)(F)F)c2)(c2cccc(C(F)(F)F)c2)[C@H]2C(=O)N(Cc3ccc(Cl)cc3)C(=O)[C@H]12. The fourth-order valence-electron chi connectivity index (χ4n) is 5.80. The van der Waals surface area contributed by atoms with Gasteiger partial charge in [0, 0.05) is 5.02 Å². The quantitative estimate of drug-likeness (QED) is 0.232. The molecule has 3 aromatic carbocycles. The Balaban J connectivity index is 1.76. The molecule has 2 aliphatic heterocycles. The molecule has 5 rings (SSSR count). The normalized spacial score (nSPS) is 21.9. The van der Waals surface area contributed by atoms with Crippen LogP contribution in [0.5, 0.6) is 0 Å². The van der Waals surface area contributed by atoms with Crippen molar-refractivity contribution in [3.63, 3.8) is 0 Å². The van der Waals surface area contributed by atoms with Gasteiger partial charge in [0.15, 0.2) is 0 Å². The Morgan fingerprint density at radius 2 is 1.40 bits per heavy atom. The van der Waals surface area contributed by atoms with Gasteiger partial charge < -0.3 is 4.74 Å². The van der Waals surface area contributed by atoms with Crippen LogP contribution < -0.4 is 5.32 Å². The Labute approximate surface area is 240 Å². The van der Waals surface area contributed by atoms with Gasteiger partial charge in [-0.05, 0) is 53.1 Å². The Hall–Kier alpha value is -3.90. The third-order valence-electron chi connectivity index (χ3n) is 7.65. The topological polar surface area (TPSA) is 75.7 Å². The lowest BCUT2D eigenvalue weighted by molar-refractivity contribution is -0.148. The first-order valence-electron chi connectivity index (χ1n) is 12.5. The first kappa shape index (κ1) is 29.6. The number of alkyl halides is 6. The highest BCUT2D eigenvalue weighted by molar-refractivity contribution is 6.30. The molecule has 6 nitrogen and oxygen atoms in total. The molecule has 3 aromatic rings. The van der Waals surface area contributed by atoms with Gasteiger partial charge in [0.25, 0.3) is 0 Å². The molecule has 0 saturated carbocycles. The number of amides is 2. The zero-order valence-corrected chi connectivity index (χ0v) is 22.3. The summed E-state index contributed by atoms with van der Waals surface area (Å²) in [5.41, 5.74) is -4.47. The van der Waals surface area contributed by atoms with Gasteiger partial charge in [-0.15, -0.1) is 0 Å². The van der Waals surface area contributed by atoms with Gasteiger partial charge in [-0.1, -0.05) is 48.0 Å². The van der Waals surface area contributed by atoms with E-state index in [9.17, 15) is 40.7 Å². The summed E-state index contributed by atoms with van der Waals surface area (Å²) in [6.07, 6.45) is -9.69. The second kappa shape index (κ2) is 10.4. The minimum Gasteiger partial charge on any atom is -0.468 e. The van der Waals surface area contributed by atoms with Crippen molar-refractivity contribution in [1.29, 1.82) is 0 Å². The number of methoxy groups -OCH3 is 1. The van der Waals surface area contributed by atoms with Crippen molar-refractivity contribution in [3.05, 3.63) is 106 Å². The molecule has 42 heavy (non-hydrogen) atoms. The number of hydrogen-bond donors (Lipinski definition) is 1. The average Bonchev–Trinajstić information content (AvgIpc) is 3.43. The zero-order chi connectivity index (χ0) is 30.6. The maximum Gasteiger partial charge on any atom is 0.416 e. The molecule has 2 heterocycles. The molecule has 2 aliphatic rings. The molecule has 2 saturated heterocycles. The third kappa shape index (κ3) is 4.92. The van der Waals surface area contributed by atoms with E-state index >= 15 is 0 Å². The van der Waals surface area contributed by atoms with Gasteiger partial charge in [-0.3, -0.25) is 24.6 Å². The Morgan fingerprint density at radius 3 is 1.88 bits per heavy atom. The minimum atomic E-state index is -4.85. The van der Waals surface area contributed by atoms with Crippen molar-refractivity contribution in [1.82, 2.24) is 10.2 Å². The van der Waals surface area contributed by atoms with E-state index in [1.165, 1.54) is 24.3 Å². The first-order valence-corrected chi connectivity index (χ1v) is 12.9. The predicted octanol–water partition coefficient (Wildman–Crippen LogP) is 5.57. The molecule has 2 amide bonds. The van der Waals surface area contributed by atoms with Crippen LogP contribution >= 0.6 is 11.6 Å². The molecule has 0 radical (unpaired) electrons. The molecule has 0 aromatic heterocycles. The van der Waals surface area contributed by atoms with Crippen molar-refractivity contribution in [2.24, 2.45) is 11.8 Å². The maximum atomic E-state index is 14.1. The number of hydrogen-bond acceptors (Lipinski definition) is 5. The van der Waals surface area contributed by atoms with Crippen molar-refractivity contribution in [2.45, 2.75) is 30.5 Å². The number of imide groups is 1. The second-order valence-electron chi connectivity index (χ2n) is 10.0. The van der Waals surface area contributed by atoms with Crippen LogP contribution in [0.15, 0.2) is 72.8 Å². The van der Waals surface area contributed by atoms with Crippen LogP contribution in [0.3, 0.4) is 0 Å². The van der Waals surface area contributed by atoms with Crippen molar-refractivity contribution >= 4 is 29.4 Å². The summed E-state index contributed by atoms with van der Waals surface area (Å²) >= 11 is 5.93. The molecule has 0 spiro atoms. The number of fused-ring (bicyclic) bond motifs is 1. The van der Waals surface area contributed by atoms with Crippen LogP contribution in [0.1, 0.15) is 27.8 Å². The van der Waals surface area contributed by atoms with E-state index in [1.807, 2.05) is 0 Å². The number of nitrogens with zero attached hydrogens (tertiary/aromatic N) is 1. The average molecular weight is 611 g/mol. The van der Waals surface area contributed by atoms with E-state index < -0.39 is 64.7 Å². The number of carbonyl (C=O) groups excluding carboxylic acids is 3. The fraction of sp³-hybridized carbons (Fsp3) is 0.276. The number of ether oxygens (including phenoxy) is 1. The van der Waals surface area contributed by atoms with Gasteiger partial charge in [0.2, 0.25) is 11.8 Å². The van der Waals surface area contributed by atoms with E-state index in [0.29, 0.717) is 22.7 Å². The summed E-state index contributed by atoms with van der Waals surface area (Å²) in [7, 11) is 1.01. The largest absolute Gasteiger partial charge is 0.468 e. The summed E-state index contributed by atoms with van der Waals surface area (Å²) in [4.78, 5) is 41.7. The molecule has 0 unspecified atom stereocenters. The highest BCUT2D eigenvalue weighted by Gasteiger charge is 2.68. The Morgan fingerprint density at radius 1 is 0.881 bits per heavy atom. The summed E-state index contributed by atoms with van der Waals surface area (Å²) in [6.45, 7) is -0.267. The number of halogens is 7. The number of likely N-dealkylation sites (tertiary alicyclic amines) is 1. The van der Waals surface area contributed by atoms with Gasteiger partial charge in [-0.25, -0.2) is 0 Å². The van der Waals surface area contributed by atoms with Gasteiger partial charge >= 0.3 is 18.3 Å². The lowest BCUT2D eigenvalue weighted by Gasteiger charge is -2.37. The molecule has 0 bridgehead atoms. The number of carbonyl (C=O) groups is 3. The summed E-state index contributed by atoms with van der Waals surface area (Å²) < 4.78 is 87.8. The van der Waals surface area contributed by atoms with Crippen LogP contribution in [-0.4, -0.2) is 35.8 Å². The van der Waals surface area contributed by atoms with Crippen molar-refractivity contribution < 1.29 is 45.5 Å². The van der Waals surface area contributed by atoms with Crippen molar-refractivity contribution in [2.75, 3.05) is 7.11 Å². The zero-order valence-electron chi connectivity index (χ0n) is 21.6. The summed E-state index contributed by atoms with van der Waals surface area (Å²) in [6, 6.07) is 12.0. The fourth-order valence-corrected chi connectivity index (χ4v) is 5.93. The van der Waals surface area contributed by atoms with E-state index in [2.05, 4.69) is 5.32 Å². The summed E-state index contributed by atoms with van der Waals surface area (Å²) in [5, 5.41) is 3.19. The lowest BCUT2D eigenvalue weighted by Crippen LogP contribution is -2.51. The van der Waals surface area contributed by atoms with E-state index in [4.69, 9.17) is 16.3 Å². The molecule has 13 heteroatoms. The number of rotatable bonds is 5. The number of nitrogens with one attached hydrogen (secondary N) is 1. The summed E-state index contributed by atoms with van der Waals surface area (Å²) in [5.74, 6) is -5.83. The highest BCUT2D eigenvalue weighted by Crippen LogP contribution is 2.53. The highest BCUT2D eigenvalue weighted by atomic mass is 35.5. The van der Waals surface area contributed by atoms with Crippen LogP contribution in [0.25, 0.3) is 0 Å². The van der Waals surface area contributed by atoms with E-state index in [0.717, 1.165) is 36.3 Å². The molecule has 3 atom stereocenters. The minimum absolute atomic E-state index is 0.257. The van der Waals surface area contributed by atoms with Gasteiger partial charge in [-0.2, -0.15) is 26.3 Å². The van der Waals surface area contributed by atoms with Gasteiger partial charge in [0.1, 0.15) is 6.04 Å². The van der Waals surface area contributed by atoms with E-state index in [1.54, 1.807) is 12.1 Å². The standard InChI is InChI=1S/C29H21ClF6N2O4/c1-42-26(41)23-21-22(25(40)38(24(21)39)14-15-8-10-20(30)11-9-15)27(37-23,16-4-2-6-18(12-16)28(31,32)33)17-5-3-7-19(13-17)29(34,35)36/h2-13,21-23,37H,14H2,1H3/t21-,22+,23+/m0/s1. The van der Waals surface area contributed by atoms with Crippen LogP contribution in [-0.2, 0) is 43.6 Å². The van der Waals surface area contributed by atoms with Crippen LogP contribution in [0.2, 0.25) is 5.02 Å².